The Morgan fingerprint density at radius 1 is 0.304 bits per heavy atom. The van der Waals surface area contributed by atoms with E-state index in [0.717, 1.165) is 161 Å². The number of fused-ring (bicyclic) bond motifs is 6. The number of aliphatic hydroxyl groups excluding tert-OH is 3. The Hall–Kier alpha value is -12.8. The Kier molecular flexibility index (Phi) is 27.3. The van der Waals surface area contributed by atoms with Gasteiger partial charge in [-0.1, -0.05) is 54.6 Å². The summed E-state index contributed by atoms with van der Waals surface area (Å²) in [5.74, 6) is 12.2. The maximum absolute atomic E-state index is 14.1. The van der Waals surface area contributed by atoms with E-state index in [2.05, 4.69) is 145 Å². The smallest absolute Gasteiger partial charge is 0.204 e. The minimum atomic E-state index is -0.405. The molecule has 12 aliphatic heterocycles. The molecule has 0 saturated heterocycles. The first-order valence-electron chi connectivity index (χ1n) is 47.7. The van der Waals surface area contributed by atoms with Gasteiger partial charge in [-0.15, -0.1) is 0 Å². The van der Waals surface area contributed by atoms with Crippen LogP contribution in [0.5, 0.6) is 121 Å². The first kappa shape index (κ1) is 94.2. The lowest BCUT2D eigenvalue weighted by Crippen LogP contribution is -2.47. The van der Waals surface area contributed by atoms with Crippen molar-refractivity contribution in [1.29, 1.82) is 0 Å². The Labute approximate surface area is 807 Å². The van der Waals surface area contributed by atoms with Gasteiger partial charge in [0, 0.05) is 115 Å². The van der Waals surface area contributed by atoms with Crippen molar-refractivity contribution in [2.75, 3.05) is 138 Å². The van der Waals surface area contributed by atoms with Crippen LogP contribution in [0, 0.1) is 5.21 Å². The number of phenolic OH excluding ortho intramolecular Hbond substituents is 1. The molecule has 0 spiro atoms. The third kappa shape index (κ3) is 18.5. The Morgan fingerprint density at radius 2 is 0.601 bits per heavy atom. The molecule has 18 bridgehead atoms. The van der Waals surface area contributed by atoms with Gasteiger partial charge in [-0.2, -0.15) is 0 Å². The highest BCUT2D eigenvalue weighted by Gasteiger charge is 2.42. The average molecular weight is 1870 g/mol. The molecule has 24 rings (SSSR count). The van der Waals surface area contributed by atoms with Gasteiger partial charge in [-0.25, -0.2) is 0 Å². The van der Waals surface area contributed by atoms with Gasteiger partial charge in [0.05, 0.1) is 90.3 Å². The van der Waals surface area contributed by atoms with Crippen LogP contribution in [-0.2, 0) is 96.9 Å². The van der Waals surface area contributed by atoms with E-state index in [1.165, 1.54) is 33.4 Å². The normalized spacial score (nSPS) is 20.2. The number of aromatic hydroxyl groups is 1. The van der Waals surface area contributed by atoms with Gasteiger partial charge in [0.1, 0.15) is 40.5 Å². The SMILES string of the molecule is COc1cc2c3c(c1OC)Oc1cc4c(cc1CO)CCN(C)[C@H]4Cc1ccc(cc1)Oc1cc(ccc1O)C[C@H]3N(C)CC2.COc1ccc2cc1Oc1ccc(cc1)C[C@H]1c3cc(c(CO)cc3CCN1C)Oc1c(OC)c(OC)cc3c1[C@H](C2)N(C)CC3.COc1ccc2cc1Oc1ccc(cc1)C[C@H]1c3cc(c(CO)cc3CC[N@@+]1(C)[O-])Oc1c(OC)c(OC)cc3c1[C@H](C2)N(C)CC3. The number of hydrogen-bond donors (Lipinski definition) is 4. The highest BCUT2D eigenvalue weighted by Crippen LogP contribution is 2.57. The van der Waals surface area contributed by atoms with Gasteiger partial charge < -0.3 is 96.6 Å². The fourth-order valence-electron chi connectivity index (χ4n) is 22.0. The Morgan fingerprint density at radius 3 is 0.949 bits per heavy atom. The van der Waals surface area contributed by atoms with E-state index in [9.17, 15) is 25.6 Å². The molecule has 138 heavy (non-hydrogen) atoms. The number of benzene rings is 12. The molecule has 12 aromatic carbocycles. The molecule has 12 aromatic rings. The number of methoxy groups -OCH3 is 8. The van der Waals surface area contributed by atoms with Gasteiger partial charge >= 0.3 is 0 Å². The van der Waals surface area contributed by atoms with Crippen LogP contribution >= 0.6 is 0 Å². The maximum atomic E-state index is 14.1. The van der Waals surface area contributed by atoms with E-state index in [1.54, 1.807) is 70.0 Å². The molecule has 0 aromatic heterocycles. The standard InChI is InChI=1S/C38H42N2O7.C38H42N2O6.C37H40N2O6/c1-39-14-12-26-20-35(44-4)37(45-5)38-36(26)30(39)16-24-8-11-32(43-3)34(18-24)46-28-9-6-23(7-10-28)17-31-29-21-33(47-38)27(22-41)19-25(29)13-15-40(31,2)42;1-39-14-12-25-19-27(22-41)33-21-29(25)30(39)16-23-6-9-28(10-7-23)45-34-18-24(8-11-32(34)42-3)17-31-36-26(13-15-40(31)2)20-35(43-4)37(44-5)38(36)46-33;1-38-13-11-24-18-26(21-40)32-20-28(24)29(38)15-22-5-8-27(9-6-22)44-33-17-23(7-10-31(33)41)16-30-35-25(12-14-39(30)2)19-34(42-3)36(43-4)37(35)45-32/h6-11,18-21,30-31,41H,12-17,22H2,1-5H3;6-11,18-21,30-31,41H,12-17,22H2,1-5H3;5-10,17-20,29-30,40-41H,11-16,21H2,1-4H3/t30-,31-,40+;30-,31-;29-,30+/m000/s1. The number of ether oxygens (including phenoxy) is 14. The fourth-order valence-corrected chi connectivity index (χ4v) is 22.0. The number of nitrogens with zero attached hydrogens (tertiary/aromatic N) is 6. The second-order valence-electron chi connectivity index (χ2n) is 37.9. The molecule has 0 fully saturated rings. The quantitative estimate of drug-likeness (QED) is 0.0694. The highest BCUT2D eigenvalue weighted by atomic mass is 16.6. The zero-order chi connectivity index (χ0) is 96.1. The highest BCUT2D eigenvalue weighted by molar-refractivity contribution is 5.68. The molecule has 25 nitrogen and oxygen atoms in total. The van der Waals surface area contributed by atoms with Crippen LogP contribution in [0.25, 0.3) is 0 Å². The molecule has 0 amide bonds. The van der Waals surface area contributed by atoms with Crippen molar-refractivity contribution in [1.82, 2.24) is 24.5 Å². The summed E-state index contributed by atoms with van der Waals surface area (Å²) in [4.78, 5) is 11.8. The van der Waals surface area contributed by atoms with Crippen LogP contribution in [0.15, 0.2) is 182 Å². The first-order chi connectivity index (χ1) is 67.0. The molecule has 0 aliphatic carbocycles. The van der Waals surface area contributed by atoms with E-state index >= 15 is 0 Å². The second kappa shape index (κ2) is 40.0. The number of hydroxylamine groups is 3. The summed E-state index contributed by atoms with van der Waals surface area (Å²) in [5.41, 5.74) is 22.2. The zero-order valence-electron chi connectivity index (χ0n) is 81.2. The molecule has 12 aliphatic rings. The number of quaternary nitrogens is 1. The fraction of sp³-hybridized carbons (Fsp3) is 0.363. The predicted molar refractivity (Wildman–Crippen MR) is 528 cm³/mol. The molecule has 0 radical (unpaired) electrons. The van der Waals surface area contributed by atoms with Gasteiger partial charge in [0.2, 0.25) is 17.2 Å². The topological polar surface area (TPSA) is 249 Å². The van der Waals surface area contributed by atoms with Crippen molar-refractivity contribution >= 4 is 0 Å². The van der Waals surface area contributed by atoms with Crippen LogP contribution in [0.4, 0.5) is 0 Å². The van der Waals surface area contributed by atoms with Crippen LogP contribution in [-0.4, -0.2) is 188 Å². The lowest BCUT2D eigenvalue weighted by atomic mass is 9.86. The second-order valence-corrected chi connectivity index (χ2v) is 37.9. The monoisotopic (exact) mass is 1870 g/mol. The van der Waals surface area contributed by atoms with E-state index in [0.29, 0.717) is 153 Å². The lowest BCUT2D eigenvalue weighted by Gasteiger charge is -2.49. The molecule has 0 unspecified atom stereocenters. The third-order valence-corrected chi connectivity index (χ3v) is 29.8. The lowest BCUT2D eigenvalue weighted by molar-refractivity contribution is -0.894. The van der Waals surface area contributed by atoms with Crippen LogP contribution in [0.1, 0.15) is 153 Å². The van der Waals surface area contributed by atoms with Crippen molar-refractivity contribution in [3.05, 3.63) is 304 Å². The summed E-state index contributed by atoms with van der Waals surface area (Å²) in [5, 5.41) is 56.6. The molecule has 25 heteroatoms. The largest absolute Gasteiger partial charge is 0.633 e. The molecule has 720 valence electrons. The molecule has 12 heterocycles. The first-order valence-corrected chi connectivity index (χ1v) is 47.7. The molecular weight excluding hydrogens is 1750 g/mol. The minimum absolute atomic E-state index is 0.0212. The summed E-state index contributed by atoms with van der Waals surface area (Å²) in [7, 11) is 25.6. The van der Waals surface area contributed by atoms with E-state index in [-0.39, 0.29) is 61.8 Å². The maximum Gasteiger partial charge on any atom is 0.204 e. The predicted octanol–water partition coefficient (Wildman–Crippen LogP) is 19.6. The van der Waals surface area contributed by atoms with Crippen LogP contribution in [0.3, 0.4) is 0 Å². The minimum Gasteiger partial charge on any atom is -0.633 e. The summed E-state index contributed by atoms with van der Waals surface area (Å²) in [6.07, 6.45) is 9.08. The van der Waals surface area contributed by atoms with Crippen molar-refractivity contribution in [3.8, 4) is 121 Å². The average Bonchev–Trinajstić information content (AvgIpc) is 0.751. The number of phenols is 1. The zero-order valence-corrected chi connectivity index (χ0v) is 81.2. The number of aliphatic hydroxyl groups is 3. The number of likely N-dealkylation sites (N-methyl/N-ethyl adjacent to an activating group) is 6. The van der Waals surface area contributed by atoms with Crippen molar-refractivity contribution < 1.29 is 91.4 Å². The van der Waals surface area contributed by atoms with Crippen molar-refractivity contribution in [3.63, 3.8) is 0 Å². The van der Waals surface area contributed by atoms with Gasteiger partial charge in [-0.3, -0.25) is 24.5 Å². The van der Waals surface area contributed by atoms with Crippen molar-refractivity contribution in [2.24, 2.45) is 0 Å². The molecule has 7 atom stereocenters. The Bertz CT molecular complexity index is 6530. The van der Waals surface area contributed by atoms with E-state index < -0.39 is 4.65 Å². The van der Waals surface area contributed by atoms with Gasteiger partial charge in [0.25, 0.3) is 0 Å². The molecule has 4 N–H and O–H groups in total. The van der Waals surface area contributed by atoms with Gasteiger partial charge in [0.15, 0.2) is 69.0 Å². The summed E-state index contributed by atoms with van der Waals surface area (Å²) in [6.45, 7) is 4.42. The molecule has 0 saturated carbocycles. The third-order valence-electron chi connectivity index (χ3n) is 29.8. The van der Waals surface area contributed by atoms with Crippen LogP contribution < -0.4 is 66.3 Å². The number of rotatable bonds is 11. The summed E-state index contributed by atoms with van der Waals surface area (Å²) < 4.78 is 86.5. The number of hydrogen-bond acceptors (Lipinski definition) is 24. The molecular formula is C113H124N6O19. The van der Waals surface area contributed by atoms with E-state index in [4.69, 9.17) is 66.3 Å². The van der Waals surface area contributed by atoms with E-state index in [1.807, 2.05) is 91.0 Å². The van der Waals surface area contributed by atoms with Crippen molar-refractivity contribution in [2.45, 2.75) is 133 Å². The Balaban J connectivity index is 0.000000132. The van der Waals surface area contributed by atoms with Crippen LogP contribution in [0.2, 0.25) is 0 Å². The van der Waals surface area contributed by atoms with Gasteiger partial charge in [-0.05, 0) is 305 Å². The summed E-state index contributed by atoms with van der Waals surface area (Å²) in [6, 6.07) is 60.6. The summed E-state index contributed by atoms with van der Waals surface area (Å²) >= 11 is 0.